The lowest BCUT2D eigenvalue weighted by molar-refractivity contribution is 0.0552. The predicted molar refractivity (Wildman–Crippen MR) is 116 cm³/mol. The summed E-state index contributed by atoms with van der Waals surface area (Å²) in [5, 5.41) is 0. The van der Waals surface area contributed by atoms with Crippen molar-refractivity contribution in [2.75, 3.05) is 13.1 Å². The largest absolute Gasteiger partial charge is 0.300 e. The summed E-state index contributed by atoms with van der Waals surface area (Å²) >= 11 is 0. The van der Waals surface area contributed by atoms with Gasteiger partial charge >= 0.3 is 0 Å². The number of allylic oxidation sites excluding steroid dienone is 1. The van der Waals surface area contributed by atoms with Gasteiger partial charge in [-0.15, -0.1) is 6.58 Å². The van der Waals surface area contributed by atoms with Crippen LogP contribution in [-0.2, 0) is 6.42 Å². The molecule has 146 valence electrons. The van der Waals surface area contributed by atoms with Crippen LogP contribution in [0.4, 0.5) is 0 Å². The second kappa shape index (κ2) is 9.74. The first kappa shape index (κ1) is 21.2. The maximum atomic E-state index is 4.21. The van der Waals surface area contributed by atoms with E-state index >= 15 is 0 Å². The van der Waals surface area contributed by atoms with Gasteiger partial charge in [-0.2, -0.15) is 0 Å². The van der Waals surface area contributed by atoms with E-state index < -0.39 is 0 Å². The molecule has 0 N–H and O–H groups in total. The van der Waals surface area contributed by atoms with E-state index in [4.69, 9.17) is 0 Å². The van der Waals surface area contributed by atoms with Crippen molar-refractivity contribution in [3.05, 3.63) is 47.0 Å². The molecule has 1 aliphatic heterocycles. The fraction of sp³-hybridized carbons (Fsp3) is 0.680. The van der Waals surface area contributed by atoms with Crippen LogP contribution in [0.25, 0.3) is 0 Å². The maximum absolute atomic E-state index is 4.21. The number of nitrogens with zero attached hydrogens (tertiary/aromatic N) is 1. The Bertz CT molecular complexity index is 588. The van der Waals surface area contributed by atoms with Crippen LogP contribution in [0.2, 0.25) is 0 Å². The Morgan fingerprint density at radius 2 is 2.04 bits per heavy atom. The molecule has 2 rings (SSSR count). The van der Waals surface area contributed by atoms with E-state index in [9.17, 15) is 0 Å². The summed E-state index contributed by atoms with van der Waals surface area (Å²) in [7, 11) is 0. The molecule has 0 spiro atoms. The van der Waals surface area contributed by atoms with Gasteiger partial charge in [0.05, 0.1) is 0 Å². The molecule has 1 aromatic rings. The third-order valence-electron chi connectivity index (χ3n) is 6.60. The summed E-state index contributed by atoms with van der Waals surface area (Å²) in [4.78, 5) is 2.76. The van der Waals surface area contributed by atoms with E-state index in [1.807, 2.05) is 0 Å². The first-order valence-corrected chi connectivity index (χ1v) is 10.9. The van der Waals surface area contributed by atoms with Crippen LogP contribution in [0.3, 0.4) is 0 Å². The molecule has 1 heteroatoms. The zero-order chi connectivity index (χ0) is 19.3. The molecule has 1 saturated heterocycles. The topological polar surface area (TPSA) is 3.24 Å². The van der Waals surface area contributed by atoms with Crippen LogP contribution in [0.5, 0.6) is 0 Å². The zero-order valence-corrected chi connectivity index (χ0v) is 18.1. The second-order valence-electron chi connectivity index (χ2n) is 8.79. The van der Waals surface area contributed by atoms with Gasteiger partial charge in [0.25, 0.3) is 0 Å². The quantitative estimate of drug-likeness (QED) is 0.466. The van der Waals surface area contributed by atoms with Gasteiger partial charge in [-0.05, 0) is 94.0 Å². The smallest absolute Gasteiger partial charge is 0.0104 e. The minimum absolute atomic E-state index is 0.652. The molecular weight excluding hydrogens is 314 g/mol. The monoisotopic (exact) mass is 355 g/mol. The highest BCUT2D eigenvalue weighted by Crippen LogP contribution is 2.44. The van der Waals surface area contributed by atoms with Crippen LogP contribution >= 0.6 is 0 Å². The van der Waals surface area contributed by atoms with E-state index in [0.29, 0.717) is 23.8 Å². The molecule has 0 aromatic heterocycles. The number of aryl methyl sites for hydroxylation is 2. The van der Waals surface area contributed by atoms with Gasteiger partial charge in [0.2, 0.25) is 0 Å². The third kappa shape index (κ3) is 5.00. The molecule has 1 aromatic carbocycles. The summed E-state index contributed by atoms with van der Waals surface area (Å²) in [6, 6.07) is 7.82. The lowest BCUT2D eigenvalue weighted by atomic mass is 9.68. The average molecular weight is 356 g/mol. The molecule has 1 aliphatic rings. The molecule has 0 amide bonds. The van der Waals surface area contributed by atoms with Crippen molar-refractivity contribution in [2.24, 2.45) is 11.8 Å². The Labute approximate surface area is 162 Å². The predicted octanol–water partition coefficient (Wildman–Crippen LogP) is 6.75. The van der Waals surface area contributed by atoms with Crippen molar-refractivity contribution in [1.82, 2.24) is 4.90 Å². The summed E-state index contributed by atoms with van der Waals surface area (Å²) in [6.45, 7) is 20.7. The van der Waals surface area contributed by atoms with E-state index in [2.05, 4.69) is 71.2 Å². The van der Waals surface area contributed by atoms with Gasteiger partial charge in [-0.25, -0.2) is 0 Å². The fourth-order valence-corrected chi connectivity index (χ4v) is 5.19. The Balaban J connectivity index is 2.35. The highest BCUT2D eigenvalue weighted by Gasteiger charge is 2.39. The summed E-state index contributed by atoms with van der Waals surface area (Å²) in [6.07, 6.45) is 6.19. The Hall–Kier alpha value is -1.08. The van der Waals surface area contributed by atoms with E-state index in [0.717, 1.165) is 12.8 Å². The molecule has 0 bridgehead atoms. The van der Waals surface area contributed by atoms with Crippen LogP contribution < -0.4 is 0 Å². The molecule has 0 aliphatic carbocycles. The second-order valence-corrected chi connectivity index (χ2v) is 8.79. The van der Waals surface area contributed by atoms with Gasteiger partial charge in [-0.3, -0.25) is 0 Å². The van der Waals surface area contributed by atoms with Gasteiger partial charge in [0.15, 0.2) is 0 Å². The Morgan fingerprint density at radius 3 is 2.65 bits per heavy atom. The summed E-state index contributed by atoms with van der Waals surface area (Å²) in [5.74, 6) is 2.08. The minimum Gasteiger partial charge on any atom is -0.300 e. The number of rotatable bonds is 8. The number of hydrogen-bond donors (Lipinski definition) is 0. The van der Waals surface area contributed by atoms with Crippen molar-refractivity contribution in [1.29, 1.82) is 0 Å². The SMILES string of the molecule is C=C(C)CC(C)C1C(c2cc(CC)ccc2C)CCN(CCCC)C1C. The lowest BCUT2D eigenvalue weighted by Gasteiger charge is -2.47. The van der Waals surface area contributed by atoms with Crippen LogP contribution in [0.1, 0.15) is 82.9 Å². The number of piperidine rings is 1. The normalized spacial score (nSPS) is 25.2. The van der Waals surface area contributed by atoms with E-state index in [1.54, 1.807) is 5.56 Å². The molecule has 4 unspecified atom stereocenters. The third-order valence-corrected chi connectivity index (χ3v) is 6.60. The number of hydrogen-bond acceptors (Lipinski definition) is 1. The van der Waals surface area contributed by atoms with E-state index in [-0.39, 0.29) is 0 Å². The molecule has 26 heavy (non-hydrogen) atoms. The van der Waals surface area contributed by atoms with Crippen molar-refractivity contribution in [3.63, 3.8) is 0 Å². The molecule has 0 saturated carbocycles. The number of likely N-dealkylation sites (tertiary alicyclic amines) is 1. The number of benzene rings is 1. The van der Waals surface area contributed by atoms with Crippen molar-refractivity contribution >= 4 is 0 Å². The highest BCUT2D eigenvalue weighted by atomic mass is 15.2. The van der Waals surface area contributed by atoms with E-state index in [1.165, 1.54) is 49.1 Å². The zero-order valence-electron chi connectivity index (χ0n) is 18.1. The van der Waals surface area contributed by atoms with Gasteiger partial charge in [0.1, 0.15) is 0 Å². The highest BCUT2D eigenvalue weighted by molar-refractivity contribution is 5.35. The Morgan fingerprint density at radius 1 is 1.31 bits per heavy atom. The standard InChI is InChI=1S/C25H41N/c1-8-10-14-26-15-13-23(24-17-22(9-2)12-11-19(24)5)25(21(26)7)20(6)16-18(3)4/h11-12,17,20-21,23,25H,3,8-10,13-16H2,1-2,4-7H3. The summed E-state index contributed by atoms with van der Waals surface area (Å²) < 4.78 is 0. The van der Waals surface area contributed by atoms with Crippen LogP contribution in [0.15, 0.2) is 30.4 Å². The summed E-state index contributed by atoms with van der Waals surface area (Å²) in [5.41, 5.74) is 5.91. The van der Waals surface area contributed by atoms with Crippen molar-refractivity contribution in [2.45, 2.75) is 85.6 Å². The first-order chi connectivity index (χ1) is 12.4. The Kier molecular flexibility index (Phi) is 7.95. The first-order valence-electron chi connectivity index (χ1n) is 10.9. The maximum Gasteiger partial charge on any atom is 0.0104 e. The fourth-order valence-electron chi connectivity index (χ4n) is 5.19. The lowest BCUT2D eigenvalue weighted by Crippen LogP contribution is -2.49. The molecular formula is C25H41N. The molecule has 4 atom stereocenters. The van der Waals surface area contributed by atoms with Crippen molar-refractivity contribution in [3.8, 4) is 0 Å². The average Bonchev–Trinajstić information content (AvgIpc) is 2.60. The van der Waals surface area contributed by atoms with Crippen molar-refractivity contribution < 1.29 is 0 Å². The van der Waals surface area contributed by atoms with Crippen LogP contribution in [-0.4, -0.2) is 24.0 Å². The molecule has 0 radical (unpaired) electrons. The van der Waals surface area contributed by atoms with Crippen LogP contribution in [0, 0.1) is 18.8 Å². The molecule has 1 fully saturated rings. The van der Waals surface area contributed by atoms with Gasteiger partial charge in [-0.1, -0.05) is 51.0 Å². The van der Waals surface area contributed by atoms with Gasteiger partial charge in [0, 0.05) is 6.04 Å². The molecule has 1 nitrogen and oxygen atoms in total. The van der Waals surface area contributed by atoms with Gasteiger partial charge < -0.3 is 4.90 Å². The number of unbranched alkanes of at least 4 members (excludes halogenated alkanes) is 1. The molecule has 1 heterocycles. The minimum atomic E-state index is 0.652.